The fourth-order valence-corrected chi connectivity index (χ4v) is 2.89. The third-order valence-corrected chi connectivity index (χ3v) is 3.88. The number of fused-ring (bicyclic) bond motifs is 1. The van der Waals surface area contributed by atoms with E-state index in [2.05, 4.69) is 24.0 Å². The summed E-state index contributed by atoms with van der Waals surface area (Å²) in [4.78, 5) is 3.47. The molecule has 0 radical (unpaired) electrons. The molecule has 0 saturated heterocycles. The molecule has 0 aliphatic heterocycles. The second-order valence-corrected chi connectivity index (χ2v) is 5.57. The quantitative estimate of drug-likeness (QED) is 0.685. The number of allylic oxidation sites excluding steroid dienone is 1. The van der Waals surface area contributed by atoms with Crippen molar-refractivity contribution >= 4 is 17.0 Å². The van der Waals surface area contributed by atoms with E-state index in [0.29, 0.717) is 0 Å². The minimum absolute atomic E-state index is 0.0993. The number of hydrogen-bond acceptors (Lipinski definition) is 2. The zero-order valence-electron chi connectivity index (χ0n) is 13.0. The van der Waals surface area contributed by atoms with E-state index in [-0.39, 0.29) is 5.57 Å². The number of rotatable bonds is 2. The van der Waals surface area contributed by atoms with E-state index >= 15 is 0 Å². The van der Waals surface area contributed by atoms with Crippen LogP contribution >= 0.6 is 0 Å². The lowest BCUT2D eigenvalue weighted by Gasteiger charge is -2.01. The first-order chi connectivity index (χ1) is 11.1. The lowest BCUT2D eigenvalue weighted by molar-refractivity contribution is 1.38. The Hall–Kier alpha value is -3.30. The SMILES string of the molecule is Cc1cc(C)c2[nH]c(-c3ccccc3)c(C=C(C#N)C#N)c2c1. The molecular formula is C20H15N3. The molecule has 110 valence electrons. The maximum atomic E-state index is 9.12. The van der Waals surface area contributed by atoms with Crippen LogP contribution in [-0.4, -0.2) is 4.98 Å². The topological polar surface area (TPSA) is 63.4 Å². The van der Waals surface area contributed by atoms with Crippen molar-refractivity contribution in [3.63, 3.8) is 0 Å². The summed E-state index contributed by atoms with van der Waals surface area (Å²) in [5.41, 5.74) is 6.28. The highest BCUT2D eigenvalue weighted by atomic mass is 14.7. The Bertz CT molecular complexity index is 977. The summed E-state index contributed by atoms with van der Waals surface area (Å²) in [5.74, 6) is 0. The molecule has 1 heterocycles. The van der Waals surface area contributed by atoms with Gasteiger partial charge in [-0.1, -0.05) is 42.0 Å². The van der Waals surface area contributed by atoms with E-state index in [0.717, 1.165) is 38.9 Å². The number of aromatic amines is 1. The van der Waals surface area contributed by atoms with Crippen molar-refractivity contribution in [3.05, 3.63) is 64.7 Å². The Morgan fingerprint density at radius 2 is 1.74 bits per heavy atom. The standard InChI is InChI=1S/C20H15N3/c1-13-8-14(2)19-17(9-13)18(10-15(11-21)12-22)20(23-19)16-6-4-3-5-7-16/h3-10,23H,1-2H3. The van der Waals surface area contributed by atoms with Gasteiger partial charge in [0.05, 0.1) is 5.69 Å². The molecule has 3 rings (SSSR count). The second kappa shape index (κ2) is 5.83. The smallest absolute Gasteiger partial charge is 0.130 e. The van der Waals surface area contributed by atoms with Crippen molar-refractivity contribution in [3.8, 4) is 23.4 Å². The summed E-state index contributed by atoms with van der Waals surface area (Å²) in [7, 11) is 0. The van der Waals surface area contributed by atoms with Crippen molar-refractivity contribution in [1.82, 2.24) is 4.98 Å². The molecule has 0 saturated carbocycles. The van der Waals surface area contributed by atoms with Gasteiger partial charge in [0, 0.05) is 16.5 Å². The van der Waals surface area contributed by atoms with E-state index in [9.17, 15) is 0 Å². The lowest BCUT2D eigenvalue weighted by atomic mass is 10.0. The predicted octanol–water partition coefficient (Wildman–Crippen LogP) is 4.88. The van der Waals surface area contributed by atoms with Gasteiger partial charge in [-0.2, -0.15) is 10.5 Å². The zero-order chi connectivity index (χ0) is 16.4. The molecule has 0 atom stereocenters. The molecule has 3 heteroatoms. The van der Waals surface area contributed by atoms with E-state index < -0.39 is 0 Å². The summed E-state index contributed by atoms with van der Waals surface area (Å²) in [6.45, 7) is 4.11. The molecule has 1 N–H and O–H groups in total. The number of aryl methyl sites for hydroxylation is 2. The van der Waals surface area contributed by atoms with Gasteiger partial charge in [-0.25, -0.2) is 0 Å². The molecule has 0 spiro atoms. The van der Waals surface area contributed by atoms with E-state index in [4.69, 9.17) is 10.5 Å². The third kappa shape index (κ3) is 2.61. The summed E-state index contributed by atoms with van der Waals surface area (Å²) < 4.78 is 0. The molecule has 2 aromatic carbocycles. The maximum absolute atomic E-state index is 9.12. The second-order valence-electron chi connectivity index (χ2n) is 5.57. The fraction of sp³-hybridized carbons (Fsp3) is 0.100. The van der Waals surface area contributed by atoms with Gasteiger partial charge in [-0.15, -0.1) is 0 Å². The van der Waals surface area contributed by atoms with Gasteiger partial charge in [-0.3, -0.25) is 0 Å². The van der Waals surface area contributed by atoms with Crippen LogP contribution in [0.1, 0.15) is 16.7 Å². The molecule has 0 fully saturated rings. The minimum atomic E-state index is 0.0993. The highest BCUT2D eigenvalue weighted by Gasteiger charge is 2.14. The highest BCUT2D eigenvalue weighted by molar-refractivity contribution is 5.99. The first kappa shape index (κ1) is 14.6. The molecule has 0 amide bonds. The number of H-pyrrole nitrogens is 1. The molecule has 3 nitrogen and oxygen atoms in total. The summed E-state index contributed by atoms with van der Waals surface area (Å²) in [6.07, 6.45) is 1.67. The van der Waals surface area contributed by atoms with Crippen LogP contribution in [0, 0.1) is 36.5 Å². The Kier molecular flexibility index (Phi) is 3.71. The van der Waals surface area contributed by atoms with Crippen LogP contribution in [0.2, 0.25) is 0 Å². The molecule has 0 bridgehead atoms. The summed E-state index contributed by atoms with van der Waals surface area (Å²) in [5, 5.41) is 19.3. The van der Waals surface area contributed by atoms with Crippen LogP contribution < -0.4 is 0 Å². The van der Waals surface area contributed by atoms with Crippen LogP contribution in [0.4, 0.5) is 0 Å². The van der Waals surface area contributed by atoms with Crippen molar-refractivity contribution in [2.75, 3.05) is 0 Å². The number of nitriles is 2. The molecule has 0 unspecified atom stereocenters. The Balaban J connectivity index is 2.41. The maximum Gasteiger partial charge on any atom is 0.130 e. The Morgan fingerprint density at radius 3 is 2.39 bits per heavy atom. The van der Waals surface area contributed by atoms with Gasteiger partial charge >= 0.3 is 0 Å². The molecule has 23 heavy (non-hydrogen) atoms. The largest absolute Gasteiger partial charge is 0.354 e. The highest BCUT2D eigenvalue weighted by Crippen LogP contribution is 2.34. The minimum Gasteiger partial charge on any atom is -0.354 e. The van der Waals surface area contributed by atoms with Crippen molar-refractivity contribution in [1.29, 1.82) is 10.5 Å². The van der Waals surface area contributed by atoms with E-state index in [1.165, 1.54) is 0 Å². The van der Waals surface area contributed by atoms with Crippen molar-refractivity contribution in [2.24, 2.45) is 0 Å². The Morgan fingerprint density at radius 1 is 1.04 bits per heavy atom. The lowest BCUT2D eigenvalue weighted by Crippen LogP contribution is -1.82. The van der Waals surface area contributed by atoms with Crippen molar-refractivity contribution in [2.45, 2.75) is 13.8 Å². The van der Waals surface area contributed by atoms with Gasteiger partial charge in [0.25, 0.3) is 0 Å². The monoisotopic (exact) mass is 297 g/mol. The van der Waals surface area contributed by atoms with Crippen LogP contribution in [0.5, 0.6) is 0 Å². The van der Waals surface area contributed by atoms with Crippen LogP contribution in [0.15, 0.2) is 48.0 Å². The molecule has 3 aromatic rings. The van der Waals surface area contributed by atoms with Gasteiger partial charge in [0.15, 0.2) is 0 Å². The number of aromatic nitrogens is 1. The summed E-state index contributed by atoms with van der Waals surface area (Å²) in [6, 6.07) is 18.1. The van der Waals surface area contributed by atoms with E-state index in [1.807, 2.05) is 49.4 Å². The number of nitrogens with zero attached hydrogens (tertiary/aromatic N) is 2. The third-order valence-electron chi connectivity index (χ3n) is 3.88. The number of hydrogen-bond donors (Lipinski definition) is 1. The molecule has 0 aliphatic carbocycles. The fourth-order valence-electron chi connectivity index (χ4n) is 2.89. The first-order valence-electron chi connectivity index (χ1n) is 7.34. The van der Waals surface area contributed by atoms with Crippen LogP contribution in [0.25, 0.3) is 28.2 Å². The Labute approximate surface area is 135 Å². The van der Waals surface area contributed by atoms with Crippen molar-refractivity contribution < 1.29 is 0 Å². The number of nitrogens with one attached hydrogen (secondary N) is 1. The average Bonchev–Trinajstić information content (AvgIpc) is 2.92. The zero-order valence-corrected chi connectivity index (χ0v) is 13.0. The van der Waals surface area contributed by atoms with Gasteiger partial charge in [-0.05, 0) is 37.1 Å². The van der Waals surface area contributed by atoms with Crippen LogP contribution in [0.3, 0.4) is 0 Å². The van der Waals surface area contributed by atoms with Crippen LogP contribution in [-0.2, 0) is 0 Å². The number of benzene rings is 2. The predicted molar refractivity (Wildman–Crippen MR) is 92.4 cm³/mol. The van der Waals surface area contributed by atoms with Gasteiger partial charge < -0.3 is 4.98 Å². The summed E-state index contributed by atoms with van der Waals surface area (Å²) >= 11 is 0. The molecular weight excluding hydrogens is 282 g/mol. The average molecular weight is 297 g/mol. The normalized spacial score (nSPS) is 10.1. The van der Waals surface area contributed by atoms with Gasteiger partial charge in [0.2, 0.25) is 0 Å². The molecule has 1 aromatic heterocycles. The van der Waals surface area contributed by atoms with Gasteiger partial charge in [0.1, 0.15) is 17.7 Å². The van der Waals surface area contributed by atoms with E-state index in [1.54, 1.807) is 6.08 Å². The molecule has 0 aliphatic rings. The first-order valence-corrected chi connectivity index (χ1v) is 7.34.